The number of rotatable bonds is 3. The molecule has 0 atom stereocenters. The van der Waals surface area contributed by atoms with Crippen LogP contribution in [0.2, 0.25) is 10.0 Å². The van der Waals surface area contributed by atoms with Crippen molar-refractivity contribution in [1.29, 1.82) is 0 Å². The highest BCUT2D eigenvalue weighted by Gasteiger charge is 2.15. The van der Waals surface area contributed by atoms with Crippen LogP contribution in [0.25, 0.3) is 0 Å². The van der Waals surface area contributed by atoms with E-state index in [1.54, 1.807) is 0 Å². The molecule has 3 nitrogen and oxygen atoms in total. The molecular weight excluding hydrogens is 227 g/mol. The summed E-state index contributed by atoms with van der Waals surface area (Å²) in [5.41, 5.74) is 0.171. The number of carbonyl (C=O) groups excluding carboxylic acids is 1. The van der Waals surface area contributed by atoms with E-state index in [2.05, 4.69) is 0 Å². The van der Waals surface area contributed by atoms with Gasteiger partial charge in [0, 0.05) is 6.07 Å². The van der Waals surface area contributed by atoms with Crippen LogP contribution in [0.5, 0.6) is 11.5 Å². The van der Waals surface area contributed by atoms with Gasteiger partial charge in [0.1, 0.15) is 11.5 Å². The minimum absolute atomic E-state index is 0.171. The minimum Gasteiger partial charge on any atom is -0.495 e. The molecule has 1 aromatic carbocycles. The molecule has 0 amide bonds. The lowest BCUT2D eigenvalue weighted by Crippen LogP contribution is -1.94. The topological polar surface area (TPSA) is 35.5 Å². The Bertz CT molecular complexity index is 335. The largest absolute Gasteiger partial charge is 0.495 e. The molecule has 0 spiro atoms. The van der Waals surface area contributed by atoms with Crippen molar-refractivity contribution in [2.75, 3.05) is 14.2 Å². The van der Waals surface area contributed by atoms with E-state index in [0.717, 1.165) is 0 Å². The number of halogens is 2. The first-order valence-corrected chi connectivity index (χ1v) is 4.46. The van der Waals surface area contributed by atoms with Gasteiger partial charge in [-0.05, 0) is 0 Å². The maximum absolute atomic E-state index is 10.7. The zero-order valence-electron chi connectivity index (χ0n) is 7.64. The molecule has 0 aromatic heterocycles. The van der Waals surface area contributed by atoms with E-state index in [9.17, 15) is 4.79 Å². The second-order valence-corrected chi connectivity index (χ2v) is 3.20. The lowest BCUT2D eigenvalue weighted by atomic mass is 10.2. The van der Waals surface area contributed by atoms with E-state index in [0.29, 0.717) is 17.8 Å². The Kier molecular flexibility index (Phi) is 3.61. The van der Waals surface area contributed by atoms with Gasteiger partial charge in [0.05, 0.1) is 29.8 Å². The Labute approximate surface area is 91.5 Å². The van der Waals surface area contributed by atoms with Gasteiger partial charge in [0.2, 0.25) is 0 Å². The van der Waals surface area contributed by atoms with Gasteiger partial charge in [0.15, 0.2) is 6.29 Å². The van der Waals surface area contributed by atoms with Crippen LogP contribution in [0.3, 0.4) is 0 Å². The van der Waals surface area contributed by atoms with Crippen molar-refractivity contribution in [3.8, 4) is 11.5 Å². The van der Waals surface area contributed by atoms with Crippen molar-refractivity contribution in [3.63, 3.8) is 0 Å². The minimum atomic E-state index is 0.171. The second-order valence-electron chi connectivity index (χ2n) is 2.44. The summed E-state index contributed by atoms with van der Waals surface area (Å²) in [5.74, 6) is 0.713. The lowest BCUT2D eigenvalue weighted by molar-refractivity contribution is 0.112. The van der Waals surface area contributed by atoms with Gasteiger partial charge in [-0.1, -0.05) is 23.2 Å². The van der Waals surface area contributed by atoms with Crippen molar-refractivity contribution in [3.05, 3.63) is 21.7 Å². The molecule has 0 heterocycles. The van der Waals surface area contributed by atoms with Gasteiger partial charge in [-0.3, -0.25) is 4.79 Å². The number of carbonyl (C=O) groups is 1. The molecular formula is C9H8Cl2O3. The molecule has 0 bridgehead atoms. The van der Waals surface area contributed by atoms with E-state index in [-0.39, 0.29) is 15.6 Å². The van der Waals surface area contributed by atoms with Gasteiger partial charge >= 0.3 is 0 Å². The van der Waals surface area contributed by atoms with E-state index in [4.69, 9.17) is 32.7 Å². The first-order valence-electron chi connectivity index (χ1n) is 3.70. The Hall–Kier alpha value is -0.930. The third kappa shape index (κ3) is 1.79. The standard InChI is InChI=1S/C9H8Cl2O3/c1-13-6-3-7(14-2)9(11)5(4-12)8(6)10/h3-4H,1-2H3. The van der Waals surface area contributed by atoms with Gasteiger partial charge in [-0.15, -0.1) is 0 Å². The molecule has 0 fully saturated rings. The summed E-state index contributed by atoms with van der Waals surface area (Å²) in [6.07, 6.45) is 0.565. The number of hydrogen-bond donors (Lipinski definition) is 0. The lowest BCUT2D eigenvalue weighted by Gasteiger charge is -2.10. The number of ether oxygens (including phenoxy) is 2. The molecule has 0 aliphatic rings. The van der Waals surface area contributed by atoms with Crippen molar-refractivity contribution in [2.45, 2.75) is 0 Å². The van der Waals surface area contributed by atoms with Crippen molar-refractivity contribution < 1.29 is 14.3 Å². The fourth-order valence-electron chi connectivity index (χ4n) is 1.01. The summed E-state index contributed by atoms with van der Waals surface area (Å²) >= 11 is 11.7. The summed E-state index contributed by atoms with van der Waals surface area (Å²) < 4.78 is 9.91. The molecule has 0 aliphatic carbocycles. The maximum atomic E-state index is 10.7. The summed E-state index contributed by atoms with van der Waals surface area (Å²) in [6, 6.07) is 1.53. The molecule has 0 saturated heterocycles. The first-order chi connectivity index (χ1) is 6.65. The smallest absolute Gasteiger partial charge is 0.153 e. The van der Waals surface area contributed by atoms with Gasteiger partial charge in [-0.2, -0.15) is 0 Å². The second kappa shape index (κ2) is 4.53. The highest BCUT2D eigenvalue weighted by molar-refractivity contribution is 6.40. The third-order valence-corrected chi connectivity index (χ3v) is 2.51. The van der Waals surface area contributed by atoms with Gasteiger partial charge in [0.25, 0.3) is 0 Å². The first kappa shape index (κ1) is 11.1. The highest BCUT2D eigenvalue weighted by atomic mass is 35.5. The predicted octanol–water partition coefficient (Wildman–Crippen LogP) is 2.82. The molecule has 0 unspecified atom stereocenters. The zero-order valence-corrected chi connectivity index (χ0v) is 9.15. The Morgan fingerprint density at radius 3 is 1.86 bits per heavy atom. The number of hydrogen-bond acceptors (Lipinski definition) is 3. The molecule has 0 N–H and O–H groups in total. The zero-order chi connectivity index (χ0) is 10.7. The molecule has 5 heteroatoms. The third-order valence-electron chi connectivity index (χ3n) is 1.73. The normalized spacial score (nSPS) is 9.71. The summed E-state index contributed by atoms with van der Waals surface area (Å²) in [6.45, 7) is 0. The highest BCUT2D eigenvalue weighted by Crippen LogP contribution is 2.39. The average molecular weight is 235 g/mol. The Balaban J connectivity index is 3.46. The fourth-order valence-corrected chi connectivity index (χ4v) is 1.60. The molecule has 1 rings (SSSR count). The van der Waals surface area contributed by atoms with Crippen LogP contribution in [-0.2, 0) is 0 Å². The van der Waals surface area contributed by atoms with Crippen LogP contribution >= 0.6 is 23.2 Å². The van der Waals surface area contributed by atoms with Gasteiger partial charge < -0.3 is 9.47 Å². The van der Waals surface area contributed by atoms with E-state index in [1.807, 2.05) is 0 Å². The molecule has 0 aliphatic heterocycles. The SMILES string of the molecule is COc1cc(OC)c(Cl)c(C=O)c1Cl. The van der Waals surface area contributed by atoms with Crippen molar-refractivity contribution in [1.82, 2.24) is 0 Å². The van der Waals surface area contributed by atoms with Gasteiger partial charge in [-0.25, -0.2) is 0 Å². The molecule has 1 aromatic rings. The maximum Gasteiger partial charge on any atom is 0.153 e. The van der Waals surface area contributed by atoms with Crippen LogP contribution in [0.15, 0.2) is 6.07 Å². The summed E-state index contributed by atoms with van der Waals surface area (Å²) in [4.78, 5) is 10.7. The van der Waals surface area contributed by atoms with Crippen molar-refractivity contribution >= 4 is 29.5 Å². The Morgan fingerprint density at radius 2 is 1.57 bits per heavy atom. The van der Waals surface area contributed by atoms with Crippen LogP contribution in [0, 0.1) is 0 Å². The fraction of sp³-hybridized carbons (Fsp3) is 0.222. The van der Waals surface area contributed by atoms with Crippen LogP contribution in [-0.4, -0.2) is 20.5 Å². The summed E-state index contributed by atoms with van der Waals surface area (Å²) in [7, 11) is 2.90. The molecule has 14 heavy (non-hydrogen) atoms. The predicted molar refractivity (Wildman–Crippen MR) is 55.0 cm³/mol. The quantitative estimate of drug-likeness (QED) is 0.755. The number of benzene rings is 1. The monoisotopic (exact) mass is 234 g/mol. The number of aldehydes is 1. The van der Waals surface area contributed by atoms with Crippen LogP contribution in [0.1, 0.15) is 10.4 Å². The molecule has 76 valence electrons. The Morgan fingerprint density at radius 1 is 1.14 bits per heavy atom. The molecule has 0 saturated carbocycles. The van der Waals surface area contributed by atoms with Crippen molar-refractivity contribution in [2.24, 2.45) is 0 Å². The van der Waals surface area contributed by atoms with Crippen LogP contribution < -0.4 is 9.47 Å². The van der Waals surface area contributed by atoms with E-state index < -0.39 is 0 Å². The van der Waals surface area contributed by atoms with Crippen LogP contribution in [0.4, 0.5) is 0 Å². The van der Waals surface area contributed by atoms with E-state index >= 15 is 0 Å². The molecule has 0 radical (unpaired) electrons. The average Bonchev–Trinajstić information content (AvgIpc) is 2.19. The van der Waals surface area contributed by atoms with E-state index in [1.165, 1.54) is 20.3 Å². The number of methoxy groups -OCH3 is 2. The summed E-state index contributed by atoms with van der Waals surface area (Å²) in [5, 5.41) is 0.376.